The van der Waals surface area contributed by atoms with Gasteiger partial charge < -0.3 is 20.9 Å². The maximum atomic E-state index is 13.2. The van der Waals surface area contributed by atoms with Crippen molar-refractivity contribution in [1.82, 2.24) is 20.4 Å². The highest BCUT2D eigenvalue weighted by atomic mass is 16.2. The minimum absolute atomic E-state index is 0.165. The number of carbonyl (C=O) groups excluding carboxylic acids is 2. The molecule has 0 fully saturated rings. The number of rotatable bonds is 17. The molecule has 35 heavy (non-hydrogen) atoms. The molecule has 7 heteroatoms. The van der Waals surface area contributed by atoms with Gasteiger partial charge in [0.05, 0.1) is 0 Å². The van der Waals surface area contributed by atoms with Crippen LogP contribution in [0.3, 0.4) is 0 Å². The average Bonchev–Trinajstić information content (AvgIpc) is 2.85. The Bertz CT molecular complexity index is 953. The molecule has 1 aliphatic heterocycles. The van der Waals surface area contributed by atoms with Crippen LogP contribution in [0.15, 0.2) is 30.3 Å². The van der Waals surface area contributed by atoms with Crippen molar-refractivity contribution in [3.8, 4) is 0 Å². The molecule has 2 aromatic carbocycles. The van der Waals surface area contributed by atoms with E-state index in [0.717, 1.165) is 75.0 Å². The van der Waals surface area contributed by atoms with Crippen LogP contribution in [0.1, 0.15) is 66.2 Å². The molecule has 3 N–H and O–H groups in total. The van der Waals surface area contributed by atoms with E-state index in [9.17, 15) is 9.59 Å². The number of imide groups is 1. The molecule has 7 nitrogen and oxygen atoms in total. The topological polar surface area (TPSA) is 76.7 Å². The molecule has 3 rings (SSSR count). The zero-order valence-corrected chi connectivity index (χ0v) is 21.8. The fourth-order valence-electron chi connectivity index (χ4n) is 4.57. The summed E-state index contributed by atoms with van der Waals surface area (Å²) in [4.78, 5) is 30.0. The van der Waals surface area contributed by atoms with Gasteiger partial charge in [-0.3, -0.25) is 14.5 Å². The summed E-state index contributed by atoms with van der Waals surface area (Å²) < 4.78 is 0. The van der Waals surface area contributed by atoms with Crippen LogP contribution in [-0.4, -0.2) is 81.5 Å². The van der Waals surface area contributed by atoms with Gasteiger partial charge in [-0.15, -0.1) is 0 Å². The lowest BCUT2D eigenvalue weighted by atomic mass is 9.92. The first-order valence-corrected chi connectivity index (χ1v) is 13.3. The van der Waals surface area contributed by atoms with E-state index < -0.39 is 0 Å². The molecule has 0 aliphatic carbocycles. The second-order valence-corrected chi connectivity index (χ2v) is 9.65. The van der Waals surface area contributed by atoms with Gasteiger partial charge in [0.2, 0.25) is 0 Å². The number of likely N-dealkylation sites (N-methyl/N-ethyl adjacent to an activating group) is 1. The van der Waals surface area contributed by atoms with Gasteiger partial charge >= 0.3 is 0 Å². The summed E-state index contributed by atoms with van der Waals surface area (Å²) in [6, 6.07) is 9.61. The Morgan fingerprint density at radius 2 is 1.43 bits per heavy atom. The predicted molar refractivity (Wildman–Crippen MR) is 145 cm³/mol. The van der Waals surface area contributed by atoms with Crippen LogP contribution >= 0.6 is 0 Å². The highest BCUT2D eigenvalue weighted by Gasteiger charge is 2.32. The number of nitrogens with one attached hydrogen (secondary N) is 3. The summed E-state index contributed by atoms with van der Waals surface area (Å²) in [6.45, 7) is 8.18. The fraction of sp³-hybridized carbons (Fsp3) is 0.571. The molecule has 1 aliphatic rings. The van der Waals surface area contributed by atoms with Crippen molar-refractivity contribution in [2.75, 3.05) is 65.2 Å². The van der Waals surface area contributed by atoms with Crippen LogP contribution in [0.25, 0.3) is 10.8 Å². The molecule has 0 radical (unpaired) electrons. The van der Waals surface area contributed by atoms with E-state index in [1.165, 1.54) is 24.2 Å². The number of hydrogen-bond donors (Lipinski definition) is 3. The molecule has 0 unspecified atom stereocenters. The lowest BCUT2D eigenvalue weighted by molar-refractivity contribution is 0.0607. The number of anilines is 1. The lowest BCUT2D eigenvalue weighted by Crippen LogP contribution is -2.40. The minimum atomic E-state index is -0.165. The summed E-state index contributed by atoms with van der Waals surface area (Å²) in [6.07, 6.45) is 6.76. The summed E-state index contributed by atoms with van der Waals surface area (Å²) in [5, 5.41) is 12.1. The van der Waals surface area contributed by atoms with E-state index in [2.05, 4.69) is 41.9 Å². The predicted octanol–water partition coefficient (Wildman–Crippen LogP) is 3.95. The highest BCUT2D eigenvalue weighted by Crippen LogP contribution is 2.34. The SMILES string of the molecule is CCCCCCCCN1C(=O)c2cccc3c(NCCNCCNCCN(C)C)ccc(c23)C1=O. The summed E-state index contributed by atoms with van der Waals surface area (Å²) in [5.41, 5.74) is 2.23. The number of nitrogens with zero attached hydrogens (tertiary/aromatic N) is 2. The van der Waals surface area contributed by atoms with Crippen molar-refractivity contribution in [3.05, 3.63) is 41.5 Å². The Balaban J connectivity index is 1.55. The van der Waals surface area contributed by atoms with Gasteiger partial charge in [-0.05, 0) is 38.7 Å². The number of hydrogen-bond acceptors (Lipinski definition) is 6. The average molecular weight is 482 g/mol. The van der Waals surface area contributed by atoms with Crippen LogP contribution < -0.4 is 16.0 Å². The van der Waals surface area contributed by atoms with E-state index in [0.29, 0.717) is 17.7 Å². The zero-order chi connectivity index (χ0) is 25.0. The van der Waals surface area contributed by atoms with Gasteiger partial charge in [0.1, 0.15) is 0 Å². The molecular formula is C28H43N5O2. The van der Waals surface area contributed by atoms with Crippen LogP contribution in [0.2, 0.25) is 0 Å². The molecule has 0 saturated heterocycles. The first-order chi connectivity index (χ1) is 17.0. The molecule has 0 spiro atoms. The number of amides is 2. The maximum Gasteiger partial charge on any atom is 0.261 e. The van der Waals surface area contributed by atoms with Gasteiger partial charge in [0.15, 0.2) is 0 Å². The maximum absolute atomic E-state index is 13.2. The standard InChI is InChI=1S/C28H43N5O2/c1-4-5-6-7-8-9-20-33-27(34)23-12-10-11-22-25(14-13-24(26(22)23)28(33)35)31-18-17-29-15-16-30-19-21-32(2)3/h10-14,29-31H,4-9,15-21H2,1-3H3. The van der Waals surface area contributed by atoms with Gasteiger partial charge in [-0.1, -0.05) is 51.2 Å². The third kappa shape index (κ3) is 7.50. The Hall–Kier alpha value is -2.48. The van der Waals surface area contributed by atoms with Crippen LogP contribution in [0.4, 0.5) is 5.69 Å². The van der Waals surface area contributed by atoms with Crippen LogP contribution in [-0.2, 0) is 0 Å². The van der Waals surface area contributed by atoms with Crippen LogP contribution in [0.5, 0.6) is 0 Å². The van der Waals surface area contributed by atoms with Gasteiger partial charge in [-0.25, -0.2) is 0 Å². The minimum Gasteiger partial charge on any atom is -0.383 e. The largest absolute Gasteiger partial charge is 0.383 e. The van der Waals surface area contributed by atoms with Crippen molar-refractivity contribution in [2.24, 2.45) is 0 Å². The highest BCUT2D eigenvalue weighted by molar-refractivity contribution is 6.26. The van der Waals surface area contributed by atoms with Crippen LogP contribution in [0, 0.1) is 0 Å². The second kappa shape index (κ2) is 14.2. The molecular weight excluding hydrogens is 438 g/mol. The van der Waals surface area contributed by atoms with Crippen molar-refractivity contribution >= 4 is 28.3 Å². The first kappa shape index (κ1) is 27.1. The molecule has 0 bridgehead atoms. The monoisotopic (exact) mass is 481 g/mol. The number of unbranched alkanes of at least 4 members (excludes halogenated alkanes) is 5. The molecule has 192 valence electrons. The molecule has 2 aromatic rings. The van der Waals surface area contributed by atoms with E-state index in [4.69, 9.17) is 0 Å². The van der Waals surface area contributed by atoms with Crippen molar-refractivity contribution in [3.63, 3.8) is 0 Å². The van der Waals surface area contributed by atoms with Gasteiger partial charge in [-0.2, -0.15) is 0 Å². The Morgan fingerprint density at radius 1 is 0.771 bits per heavy atom. The normalized spacial score (nSPS) is 13.3. The smallest absolute Gasteiger partial charge is 0.261 e. The number of carbonyl (C=O) groups is 2. The zero-order valence-electron chi connectivity index (χ0n) is 21.8. The molecule has 1 heterocycles. The molecule has 0 atom stereocenters. The van der Waals surface area contributed by atoms with Crippen molar-refractivity contribution in [1.29, 1.82) is 0 Å². The Kier molecular flexibility index (Phi) is 11.0. The Morgan fingerprint density at radius 3 is 2.17 bits per heavy atom. The summed E-state index contributed by atoms with van der Waals surface area (Å²) in [5.74, 6) is -0.329. The molecule has 0 saturated carbocycles. The number of benzene rings is 2. The van der Waals surface area contributed by atoms with E-state index in [-0.39, 0.29) is 11.8 Å². The van der Waals surface area contributed by atoms with E-state index in [1.807, 2.05) is 30.3 Å². The van der Waals surface area contributed by atoms with Crippen molar-refractivity contribution in [2.45, 2.75) is 45.4 Å². The third-order valence-electron chi connectivity index (χ3n) is 6.56. The molecule has 2 amide bonds. The second-order valence-electron chi connectivity index (χ2n) is 9.65. The van der Waals surface area contributed by atoms with Gasteiger partial charge in [0.25, 0.3) is 11.8 Å². The summed E-state index contributed by atoms with van der Waals surface area (Å²) in [7, 11) is 4.15. The fourth-order valence-corrected chi connectivity index (χ4v) is 4.57. The summed E-state index contributed by atoms with van der Waals surface area (Å²) >= 11 is 0. The van der Waals surface area contributed by atoms with Crippen molar-refractivity contribution < 1.29 is 9.59 Å². The van der Waals surface area contributed by atoms with E-state index in [1.54, 1.807) is 0 Å². The Labute approximate surface area is 210 Å². The molecule has 0 aromatic heterocycles. The first-order valence-electron chi connectivity index (χ1n) is 13.3. The van der Waals surface area contributed by atoms with Gasteiger partial charge in [0, 0.05) is 73.4 Å². The lowest BCUT2D eigenvalue weighted by Gasteiger charge is -2.28. The quantitative estimate of drug-likeness (QED) is 0.235. The van der Waals surface area contributed by atoms with E-state index >= 15 is 0 Å². The third-order valence-corrected chi connectivity index (χ3v) is 6.56.